The number of hydrogen-bond donors (Lipinski definition) is 0. The number of fused-ring (bicyclic) bond motifs is 1. The molecule has 0 radical (unpaired) electrons. The van der Waals surface area contributed by atoms with Crippen LogP contribution < -0.4 is 5.56 Å². The Morgan fingerprint density at radius 3 is 3.03 bits per heavy atom. The van der Waals surface area contributed by atoms with Gasteiger partial charge in [0.05, 0.1) is 18.3 Å². The van der Waals surface area contributed by atoms with Crippen molar-refractivity contribution >= 4 is 27.5 Å². The van der Waals surface area contributed by atoms with Crippen LogP contribution in [0.15, 0.2) is 40.2 Å². The monoisotopic (exact) mass is 411 g/mol. The van der Waals surface area contributed by atoms with E-state index in [4.69, 9.17) is 9.26 Å². The summed E-state index contributed by atoms with van der Waals surface area (Å²) in [5.74, 6) is 0.472. The van der Waals surface area contributed by atoms with E-state index in [1.165, 1.54) is 10.9 Å². The summed E-state index contributed by atoms with van der Waals surface area (Å²) in [6.07, 6.45) is 5.79. The van der Waals surface area contributed by atoms with E-state index in [0.717, 1.165) is 16.9 Å². The fourth-order valence-corrected chi connectivity index (χ4v) is 3.86. The van der Waals surface area contributed by atoms with Crippen molar-refractivity contribution in [2.45, 2.75) is 19.8 Å². The highest BCUT2D eigenvalue weighted by molar-refractivity contribution is 7.20. The Morgan fingerprint density at radius 1 is 1.38 bits per heavy atom. The normalized spacial score (nSPS) is 11.1. The van der Waals surface area contributed by atoms with Gasteiger partial charge in [-0.3, -0.25) is 9.78 Å². The highest BCUT2D eigenvalue weighted by Crippen LogP contribution is 2.27. The van der Waals surface area contributed by atoms with Crippen molar-refractivity contribution in [3.8, 4) is 11.4 Å². The first-order valence-electron chi connectivity index (χ1n) is 8.89. The molecule has 0 N–H and O–H groups in total. The zero-order valence-corrected chi connectivity index (χ0v) is 16.6. The van der Waals surface area contributed by atoms with Crippen LogP contribution in [0.5, 0.6) is 0 Å². The molecule has 0 aliphatic carbocycles. The molecule has 148 valence electrons. The number of ether oxygens (including phenoxy) is 1. The minimum Gasteiger partial charge on any atom is -0.461 e. The molecule has 0 aliphatic rings. The summed E-state index contributed by atoms with van der Waals surface area (Å²) in [7, 11) is 1.63. The third-order valence-corrected chi connectivity index (χ3v) is 5.53. The molecule has 4 rings (SSSR count). The van der Waals surface area contributed by atoms with Crippen molar-refractivity contribution in [3.05, 3.63) is 57.5 Å². The second-order valence-corrected chi connectivity index (χ2v) is 7.39. The van der Waals surface area contributed by atoms with Crippen LogP contribution >= 0.6 is 11.3 Å². The molecule has 29 heavy (non-hydrogen) atoms. The third-order valence-electron chi connectivity index (χ3n) is 4.35. The molecule has 4 aromatic rings. The molecule has 0 saturated heterocycles. The number of carbonyl (C=O) groups excluding carboxylic acids is 1. The van der Waals surface area contributed by atoms with Gasteiger partial charge in [-0.25, -0.2) is 9.78 Å². The summed E-state index contributed by atoms with van der Waals surface area (Å²) in [6.45, 7) is 1.93. The van der Waals surface area contributed by atoms with Crippen molar-refractivity contribution in [2.75, 3.05) is 6.61 Å². The first-order valence-corrected chi connectivity index (χ1v) is 9.71. The lowest BCUT2D eigenvalue weighted by Gasteiger charge is -2.02. The number of thiophene rings is 1. The summed E-state index contributed by atoms with van der Waals surface area (Å²) in [4.78, 5) is 38.2. The van der Waals surface area contributed by atoms with E-state index < -0.39 is 5.97 Å². The molecule has 0 aromatic carbocycles. The maximum Gasteiger partial charge on any atom is 0.348 e. The van der Waals surface area contributed by atoms with Gasteiger partial charge in [0.15, 0.2) is 0 Å². The summed E-state index contributed by atoms with van der Waals surface area (Å²) in [5.41, 5.74) is 1.19. The van der Waals surface area contributed by atoms with Crippen molar-refractivity contribution < 1.29 is 14.1 Å². The molecule has 10 heteroatoms. The SMILES string of the molecule is Cc1c(C(=O)OCCCc2nc(-c3cccnc3)no2)sc2ncn(C)c(=O)c12. The zero-order valence-electron chi connectivity index (χ0n) is 15.8. The second-order valence-electron chi connectivity index (χ2n) is 6.39. The number of esters is 1. The Bertz CT molecular complexity index is 1230. The topological polar surface area (TPSA) is 113 Å². The number of pyridine rings is 1. The van der Waals surface area contributed by atoms with Gasteiger partial charge in [0.2, 0.25) is 11.7 Å². The molecule has 4 heterocycles. The molecule has 0 aliphatic heterocycles. The lowest BCUT2D eigenvalue weighted by atomic mass is 10.2. The first-order chi connectivity index (χ1) is 14.0. The van der Waals surface area contributed by atoms with Crippen LogP contribution in [0.4, 0.5) is 0 Å². The fraction of sp³-hybridized carbons (Fsp3) is 0.263. The van der Waals surface area contributed by atoms with Crippen molar-refractivity contribution in [2.24, 2.45) is 7.05 Å². The minimum absolute atomic E-state index is 0.177. The maximum absolute atomic E-state index is 12.4. The van der Waals surface area contributed by atoms with Gasteiger partial charge >= 0.3 is 5.97 Å². The lowest BCUT2D eigenvalue weighted by molar-refractivity contribution is 0.0503. The van der Waals surface area contributed by atoms with E-state index in [0.29, 0.717) is 45.2 Å². The second kappa shape index (κ2) is 7.92. The molecule has 0 atom stereocenters. The maximum atomic E-state index is 12.4. The van der Waals surface area contributed by atoms with E-state index in [9.17, 15) is 9.59 Å². The average Bonchev–Trinajstić information content (AvgIpc) is 3.34. The predicted molar refractivity (Wildman–Crippen MR) is 106 cm³/mol. The van der Waals surface area contributed by atoms with E-state index in [-0.39, 0.29) is 12.2 Å². The number of rotatable bonds is 6. The van der Waals surface area contributed by atoms with Crippen LogP contribution in [0.2, 0.25) is 0 Å². The molecule has 0 bridgehead atoms. The molecule has 0 saturated carbocycles. The summed E-state index contributed by atoms with van der Waals surface area (Å²) in [5, 5.41) is 4.39. The Labute approximate surface area is 169 Å². The third kappa shape index (κ3) is 3.79. The van der Waals surface area contributed by atoms with Crippen LogP contribution in [0.1, 0.15) is 27.5 Å². The fourth-order valence-electron chi connectivity index (χ4n) is 2.83. The highest BCUT2D eigenvalue weighted by Gasteiger charge is 2.20. The minimum atomic E-state index is -0.464. The van der Waals surface area contributed by atoms with Crippen molar-refractivity contribution in [1.82, 2.24) is 24.7 Å². The van der Waals surface area contributed by atoms with Crippen LogP contribution in [0.3, 0.4) is 0 Å². The lowest BCUT2D eigenvalue weighted by Crippen LogP contribution is -2.16. The Morgan fingerprint density at radius 2 is 2.24 bits per heavy atom. The molecule has 0 unspecified atom stereocenters. The standard InChI is InChI=1S/C19H17N5O4S/c1-11-14-17(21-10-24(2)18(14)25)29-15(11)19(26)27-8-4-6-13-22-16(23-28-13)12-5-3-7-20-9-12/h3,5,7,9-10H,4,6,8H2,1-2H3. The highest BCUT2D eigenvalue weighted by atomic mass is 32.1. The first kappa shape index (κ1) is 18.9. The van der Waals surface area contributed by atoms with Gasteiger partial charge in [-0.2, -0.15) is 4.98 Å². The van der Waals surface area contributed by atoms with Gasteiger partial charge < -0.3 is 13.8 Å². The molecule has 0 fully saturated rings. The Kier molecular flexibility index (Phi) is 5.17. The number of aromatic nitrogens is 5. The number of hydrogen-bond acceptors (Lipinski definition) is 9. The smallest absolute Gasteiger partial charge is 0.348 e. The van der Waals surface area contributed by atoms with E-state index >= 15 is 0 Å². The summed E-state index contributed by atoms with van der Waals surface area (Å²) >= 11 is 1.16. The summed E-state index contributed by atoms with van der Waals surface area (Å²) < 4.78 is 12.0. The van der Waals surface area contributed by atoms with Gasteiger partial charge in [-0.05, 0) is 31.0 Å². The van der Waals surface area contributed by atoms with Gasteiger partial charge in [0.25, 0.3) is 5.56 Å². The van der Waals surface area contributed by atoms with E-state index in [2.05, 4.69) is 20.1 Å². The quantitative estimate of drug-likeness (QED) is 0.351. The van der Waals surface area contributed by atoms with Gasteiger partial charge in [-0.1, -0.05) is 5.16 Å². The van der Waals surface area contributed by atoms with Gasteiger partial charge in [-0.15, -0.1) is 11.3 Å². The van der Waals surface area contributed by atoms with Gasteiger partial charge in [0, 0.05) is 31.4 Å². The molecule has 9 nitrogen and oxygen atoms in total. The predicted octanol–water partition coefficient (Wildman–Crippen LogP) is 2.54. The number of aryl methyl sites for hydroxylation is 3. The van der Waals surface area contributed by atoms with Crippen molar-refractivity contribution in [1.29, 1.82) is 0 Å². The van der Waals surface area contributed by atoms with Gasteiger partial charge in [0.1, 0.15) is 9.71 Å². The largest absolute Gasteiger partial charge is 0.461 e. The number of nitrogens with zero attached hydrogens (tertiary/aromatic N) is 5. The molecule has 4 aromatic heterocycles. The number of carbonyl (C=O) groups is 1. The van der Waals surface area contributed by atoms with Crippen LogP contribution in [0, 0.1) is 6.92 Å². The molecular formula is C19H17N5O4S. The van der Waals surface area contributed by atoms with Crippen LogP contribution in [-0.4, -0.2) is 37.3 Å². The Hall–Kier alpha value is -3.40. The zero-order chi connectivity index (χ0) is 20.4. The van der Waals surface area contributed by atoms with Crippen molar-refractivity contribution in [3.63, 3.8) is 0 Å². The Balaban J connectivity index is 1.36. The van der Waals surface area contributed by atoms with E-state index in [1.54, 1.807) is 32.4 Å². The summed E-state index contributed by atoms with van der Waals surface area (Å²) in [6, 6.07) is 3.64. The molecular weight excluding hydrogens is 394 g/mol. The molecule has 0 spiro atoms. The molecule has 0 amide bonds. The average molecular weight is 411 g/mol. The van der Waals surface area contributed by atoms with E-state index in [1.807, 2.05) is 6.07 Å². The van der Waals surface area contributed by atoms with Crippen LogP contribution in [0.25, 0.3) is 21.6 Å². The van der Waals surface area contributed by atoms with Crippen LogP contribution in [-0.2, 0) is 18.2 Å².